The zero-order chi connectivity index (χ0) is 17.6. The number of benzene rings is 1. The van der Waals surface area contributed by atoms with Gasteiger partial charge in [0.1, 0.15) is 17.0 Å². The summed E-state index contributed by atoms with van der Waals surface area (Å²) in [5.74, 6) is 1.37. The number of hydrogen-bond acceptors (Lipinski definition) is 5. The van der Waals surface area contributed by atoms with E-state index < -0.39 is 0 Å². The van der Waals surface area contributed by atoms with Gasteiger partial charge >= 0.3 is 0 Å². The molecule has 1 N–H and O–H groups in total. The maximum Gasteiger partial charge on any atom is 0.228 e. The van der Waals surface area contributed by atoms with Crippen LogP contribution in [0.15, 0.2) is 22.7 Å². The lowest BCUT2D eigenvalue weighted by atomic mass is 10.1. The molecule has 1 aliphatic rings. The Kier molecular flexibility index (Phi) is 4.08. The highest BCUT2D eigenvalue weighted by Gasteiger charge is 2.42. The van der Waals surface area contributed by atoms with E-state index in [-0.39, 0.29) is 5.54 Å². The first-order valence-electron chi connectivity index (χ1n) is 8.39. The van der Waals surface area contributed by atoms with Crippen LogP contribution in [0, 0.1) is 6.92 Å². The van der Waals surface area contributed by atoms with E-state index in [9.17, 15) is 0 Å². The van der Waals surface area contributed by atoms with E-state index in [4.69, 9.17) is 27.7 Å². The number of anilines is 1. The summed E-state index contributed by atoms with van der Waals surface area (Å²) in [6, 6.07) is 5.29. The van der Waals surface area contributed by atoms with Gasteiger partial charge in [-0.3, -0.25) is 0 Å². The summed E-state index contributed by atoms with van der Waals surface area (Å²) in [6.45, 7) is 4.06. The van der Waals surface area contributed by atoms with Crippen molar-refractivity contribution in [3.63, 3.8) is 0 Å². The van der Waals surface area contributed by atoms with Crippen molar-refractivity contribution in [2.45, 2.75) is 45.1 Å². The van der Waals surface area contributed by atoms with E-state index in [0.29, 0.717) is 38.5 Å². The highest BCUT2D eigenvalue weighted by molar-refractivity contribution is 6.36. The molecule has 7 heteroatoms. The smallest absolute Gasteiger partial charge is 0.228 e. The van der Waals surface area contributed by atoms with E-state index in [1.54, 1.807) is 12.1 Å². The maximum atomic E-state index is 6.33. The Morgan fingerprint density at radius 3 is 2.72 bits per heavy atom. The first kappa shape index (κ1) is 16.6. The number of halogens is 2. The van der Waals surface area contributed by atoms with Crippen LogP contribution >= 0.6 is 23.2 Å². The molecule has 1 fully saturated rings. The van der Waals surface area contributed by atoms with Crippen LogP contribution in [0.4, 0.5) is 5.82 Å². The number of fused-ring (bicyclic) bond motifs is 1. The van der Waals surface area contributed by atoms with Gasteiger partial charge in [0, 0.05) is 16.1 Å². The van der Waals surface area contributed by atoms with Gasteiger partial charge in [-0.05, 0) is 44.4 Å². The van der Waals surface area contributed by atoms with E-state index >= 15 is 0 Å². The Labute approximate surface area is 155 Å². The number of aromatic nitrogens is 3. The summed E-state index contributed by atoms with van der Waals surface area (Å²) < 4.78 is 5.60. The third kappa shape index (κ3) is 3.07. The van der Waals surface area contributed by atoms with Gasteiger partial charge in [-0.2, -0.15) is 0 Å². The minimum atomic E-state index is 0.132. The molecule has 0 saturated heterocycles. The monoisotopic (exact) mass is 376 g/mol. The molecular formula is C18H18Cl2N4O. The minimum Gasteiger partial charge on any atom is -0.361 e. The standard InChI is InChI=1S/C18H18Cl2N4O/c1-3-6-18(7-8-18)23-17-16-15(21-10(2)22-17)14(24-25-16)12-5-4-11(19)9-13(12)20/h4-5,9H,3,6-8H2,1-2H3,(H,21,22,23). The second kappa shape index (κ2) is 6.15. The molecule has 1 aliphatic carbocycles. The van der Waals surface area contributed by atoms with Crippen molar-refractivity contribution in [3.8, 4) is 11.3 Å². The number of hydrogen-bond donors (Lipinski definition) is 1. The summed E-state index contributed by atoms with van der Waals surface area (Å²) in [4.78, 5) is 9.08. The number of rotatable bonds is 5. The molecule has 0 atom stereocenters. The third-order valence-corrected chi connectivity index (χ3v) is 5.13. The average molecular weight is 377 g/mol. The summed E-state index contributed by atoms with van der Waals surface area (Å²) in [6.07, 6.45) is 4.54. The van der Waals surface area contributed by atoms with Crippen LogP contribution in [0.5, 0.6) is 0 Å². The molecule has 5 nitrogen and oxygen atoms in total. The van der Waals surface area contributed by atoms with Gasteiger partial charge in [-0.25, -0.2) is 9.97 Å². The Morgan fingerprint density at radius 1 is 1.24 bits per heavy atom. The van der Waals surface area contributed by atoms with E-state index in [1.165, 1.54) is 0 Å². The summed E-state index contributed by atoms with van der Waals surface area (Å²) in [7, 11) is 0. The van der Waals surface area contributed by atoms with E-state index in [2.05, 4.69) is 27.4 Å². The van der Waals surface area contributed by atoms with Crippen LogP contribution in [0.1, 0.15) is 38.4 Å². The zero-order valence-electron chi connectivity index (χ0n) is 14.1. The molecule has 0 radical (unpaired) electrons. The highest BCUT2D eigenvalue weighted by Crippen LogP contribution is 2.44. The molecule has 3 aromatic rings. The van der Waals surface area contributed by atoms with Crippen molar-refractivity contribution in [2.24, 2.45) is 0 Å². The van der Waals surface area contributed by atoms with Crippen molar-refractivity contribution >= 4 is 40.1 Å². The fourth-order valence-electron chi connectivity index (χ4n) is 3.20. The number of aryl methyl sites for hydroxylation is 1. The molecule has 0 unspecified atom stereocenters. The summed E-state index contributed by atoms with van der Waals surface area (Å²) in [5.41, 5.74) is 2.70. The molecule has 1 saturated carbocycles. The Balaban J connectivity index is 1.81. The number of nitrogens with zero attached hydrogens (tertiary/aromatic N) is 3. The molecule has 0 amide bonds. The van der Waals surface area contributed by atoms with Crippen molar-refractivity contribution < 1.29 is 4.52 Å². The normalized spacial score (nSPS) is 15.5. The Hall–Kier alpha value is -1.85. The topological polar surface area (TPSA) is 63.8 Å². The highest BCUT2D eigenvalue weighted by atomic mass is 35.5. The van der Waals surface area contributed by atoms with Crippen molar-refractivity contribution in [2.75, 3.05) is 5.32 Å². The molecule has 4 rings (SSSR count). The van der Waals surface area contributed by atoms with Gasteiger partial charge in [0.2, 0.25) is 5.58 Å². The van der Waals surface area contributed by atoms with Crippen LogP contribution < -0.4 is 5.32 Å². The van der Waals surface area contributed by atoms with Crippen molar-refractivity contribution in [3.05, 3.63) is 34.1 Å². The van der Waals surface area contributed by atoms with E-state index in [0.717, 1.165) is 31.2 Å². The maximum absolute atomic E-state index is 6.33. The molecule has 130 valence electrons. The predicted molar refractivity (Wildman–Crippen MR) is 100 cm³/mol. The average Bonchev–Trinajstić information content (AvgIpc) is 3.17. The van der Waals surface area contributed by atoms with Crippen molar-refractivity contribution in [1.29, 1.82) is 0 Å². The molecule has 1 aromatic carbocycles. The van der Waals surface area contributed by atoms with Gasteiger partial charge in [0.15, 0.2) is 5.82 Å². The summed E-state index contributed by atoms with van der Waals surface area (Å²) >= 11 is 12.3. The SMILES string of the molecule is CCCC1(Nc2nc(C)nc3c(-c4ccc(Cl)cc4Cl)noc23)CC1. The van der Waals surface area contributed by atoms with Crippen LogP contribution in [0.3, 0.4) is 0 Å². The minimum absolute atomic E-state index is 0.132. The first-order chi connectivity index (χ1) is 12.0. The van der Waals surface area contributed by atoms with Gasteiger partial charge in [0.25, 0.3) is 0 Å². The molecular weight excluding hydrogens is 359 g/mol. The first-order valence-corrected chi connectivity index (χ1v) is 9.14. The quantitative estimate of drug-likeness (QED) is 0.623. The van der Waals surface area contributed by atoms with Crippen LogP contribution in [0.2, 0.25) is 10.0 Å². The molecule has 0 bridgehead atoms. The molecule has 2 heterocycles. The van der Waals surface area contributed by atoms with E-state index in [1.807, 2.05) is 13.0 Å². The fourth-order valence-corrected chi connectivity index (χ4v) is 3.70. The third-order valence-electron chi connectivity index (χ3n) is 4.58. The van der Waals surface area contributed by atoms with Crippen molar-refractivity contribution in [1.82, 2.24) is 15.1 Å². The van der Waals surface area contributed by atoms with Crippen LogP contribution in [-0.2, 0) is 0 Å². The second-order valence-corrected chi connectivity index (χ2v) is 7.45. The summed E-state index contributed by atoms with van der Waals surface area (Å²) in [5, 5.41) is 8.86. The lowest BCUT2D eigenvalue weighted by Gasteiger charge is -2.17. The van der Waals surface area contributed by atoms with Gasteiger partial charge < -0.3 is 9.84 Å². The molecule has 0 spiro atoms. The molecule has 2 aromatic heterocycles. The van der Waals surface area contributed by atoms with Crippen LogP contribution in [0.25, 0.3) is 22.4 Å². The molecule has 25 heavy (non-hydrogen) atoms. The predicted octanol–water partition coefficient (Wildman–Crippen LogP) is 5.64. The molecule has 0 aliphatic heterocycles. The lowest BCUT2D eigenvalue weighted by molar-refractivity contribution is 0.458. The van der Waals surface area contributed by atoms with Crippen LogP contribution in [-0.4, -0.2) is 20.7 Å². The van der Waals surface area contributed by atoms with Gasteiger partial charge in [-0.15, -0.1) is 0 Å². The zero-order valence-corrected chi connectivity index (χ0v) is 15.6. The van der Waals surface area contributed by atoms with Gasteiger partial charge in [-0.1, -0.05) is 41.7 Å². The Morgan fingerprint density at radius 2 is 2.04 bits per heavy atom. The van der Waals surface area contributed by atoms with Gasteiger partial charge in [0.05, 0.1) is 5.02 Å². The lowest BCUT2D eigenvalue weighted by Crippen LogP contribution is -2.21. The Bertz CT molecular complexity index is 950. The fraction of sp³-hybridized carbons (Fsp3) is 0.389. The number of nitrogens with one attached hydrogen (secondary N) is 1. The second-order valence-electron chi connectivity index (χ2n) is 6.61. The largest absolute Gasteiger partial charge is 0.361 e.